The van der Waals surface area contributed by atoms with Crippen LogP contribution in [-0.4, -0.2) is 80.0 Å². The number of likely N-dealkylation sites (tertiary alicyclic amines) is 3. The van der Waals surface area contributed by atoms with Gasteiger partial charge in [-0.15, -0.1) is 12.4 Å². The van der Waals surface area contributed by atoms with Gasteiger partial charge in [-0.1, -0.05) is 58.4 Å². The predicted octanol–water partition coefficient (Wildman–Crippen LogP) is 6.26. The minimum atomic E-state index is -0.226. The lowest BCUT2D eigenvalue weighted by molar-refractivity contribution is -0.139. The van der Waals surface area contributed by atoms with Gasteiger partial charge >= 0.3 is 0 Å². The van der Waals surface area contributed by atoms with Crippen LogP contribution in [0.15, 0.2) is 77.3 Å². The number of benzene rings is 3. The van der Waals surface area contributed by atoms with E-state index in [1.54, 1.807) is 26.4 Å². The van der Waals surface area contributed by atoms with Crippen LogP contribution in [0.3, 0.4) is 0 Å². The number of rotatable bonds is 8. The Labute approximate surface area is 275 Å². The summed E-state index contributed by atoms with van der Waals surface area (Å²) >= 11 is 3.50. The average Bonchev–Trinajstić information content (AvgIpc) is 3.60. The highest BCUT2D eigenvalue weighted by atomic mass is 79.9. The molecule has 0 aromatic heterocycles. The van der Waals surface area contributed by atoms with Gasteiger partial charge in [0.15, 0.2) is 11.5 Å². The van der Waals surface area contributed by atoms with Gasteiger partial charge in [0.05, 0.1) is 19.6 Å². The lowest BCUT2D eigenvalue weighted by Gasteiger charge is -2.39. The predicted molar refractivity (Wildman–Crippen MR) is 178 cm³/mol. The molecule has 3 heterocycles. The second kappa shape index (κ2) is 13.9. The summed E-state index contributed by atoms with van der Waals surface area (Å²) in [5.41, 5.74) is 2.83. The topological polar surface area (TPSA) is 62.3 Å². The van der Waals surface area contributed by atoms with E-state index in [9.17, 15) is 9.59 Å². The van der Waals surface area contributed by atoms with Gasteiger partial charge in [0, 0.05) is 48.7 Å². The van der Waals surface area contributed by atoms with Crippen LogP contribution in [0.1, 0.15) is 46.7 Å². The van der Waals surface area contributed by atoms with E-state index in [0.717, 1.165) is 49.9 Å². The molecular formula is C35H41BrClN3O4. The number of piperidine rings is 1. The van der Waals surface area contributed by atoms with Crippen LogP contribution in [0.4, 0.5) is 0 Å². The summed E-state index contributed by atoms with van der Waals surface area (Å²) in [5.74, 6) is 2.09. The molecule has 3 aliphatic rings. The fourth-order valence-electron chi connectivity index (χ4n) is 7.26. The minimum absolute atomic E-state index is 0. The van der Waals surface area contributed by atoms with Gasteiger partial charge < -0.3 is 24.2 Å². The minimum Gasteiger partial charge on any atom is -0.493 e. The number of halogens is 2. The number of amides is 2. The van der Waals surface area contributed by atoms with E-state index in [-0.39, 0.29) is 29.6 Å². The zero-order valence-electron chi connectivity index (χ0n) is 25.4. The largest absolute Gasteiger partial charge is 0.493 e. The zero-order chi connectivity index (χ0) is 30.0. The van der Waals surface area contributed by atoms with E-state index >= 15 is 0 Å². The molecule has 3 aromatic rings. The third-order valence-electron chi connectivity index (χ3n) is 9.78. The normalized spacial score (nSPS) is 21.4. The Hall–Kier alpha value is -3.07. The number of hydrogen-bond donors (Lipinski definition) is 0. The van der Waals surface area contributed by atoms with Gasteiger partial charge in [-0.2, -0.15) is 0 Å². The molecule has 6 rings (SSSR count). The summed E-state index contributed by atoms with van der Waals surface area (Å²) < 4.78 is 11.9. The van der Waals surface area contributed by atoms with Crippen molar-refractivity contribution in [3.63, 3.8) is 0 Å². The molecule has 3 fully saturated rings. The molecule has 2 atom stereocenters. The average molecular weight is 683 g/mol. The second-order valence-corrected chi connectivity index (χ2v) is 13.2. The molecule has 1 spiro atoms. The summed E-state index contributed by atoms with van der Waals surface area (Å²) in [6.07, 6.45) is 2.75. The second-order valence-electron chi connectivity index (χ2n) is 12.2. The Morgan fingerprint density at radius 2 is 1.57 bits per heavy atom. The number of ether oxygens (including phenoxy) is 2. The van der Waals surface area contributed by atoms with E-state index < -0.39 is 0 Å². The van der Waals surface area contributed by atoms with Gasteiger partial charge in [0.1, 0.15) is 0 Å². The molecule has 9 heteroatoms. The van der Waals surface area contributed by atoms with E-state index in [4.69, 9.17) is 9.47 Å². The van der Waals surface area contributed by atoms with Crippen molar-refractivity contribution in [2.45, 2.75) is 31.7 Å². The molecule has 0 saturated carbocycles. The van der Waals surface area contributed by atoms with Gasteiger partial charge in [0.25, 0.3) is 5.91 Å². The van der Waals surface area contributed by atoms with Crippen LogP contribution >= 0.6 is 28.3 Å². The van der Waals surface area contributed by atoms with Crippen LogP contribution in [0, 0.1) is 11.3 Å². The first-order valence-electron chi connectivity index (χ1n) is 15.2. The molecular weight excluding hydrogens is 642 g/mol. The summed E-state index contributed by atoms with van der Waals surface area (Å²) in [4.78, 5) is 33.9. The summed E-state index contributed by atoms with van der Waals surface area (Å²) in [7, 11) is 3.19. The van der Waals surface area contributed by atoms with Gasteiger partial charge in [-0.05, 0) is 79.7 Å². The zero-order valence-corrected chi connectivity index (χ0v) is 27.8. The molecule has 234 valence electrons. The molecule has 3 saturated heterocycles. The molecule has 7 nitrogen and oxygen atoms in total. The number of nitrogens with zero attached hydrogens (tertiary/aromatic N) is 3. The number of hydrogen-bond acceptors (Lipinski definition) is 5. The lowest BCUT2D eigenvalue weighted by atomic mass is 9.76. The van der Waals surface area contributed by atoms with Crippen LogP contribution in [0.25, 0.3) is 0 Å². The number of methoxy groups -OCH3 is 2. The molecule has 0 radical (unpaired) electrons. The Balaban J connectivity index is 0.00000384. The van der Waals surface area contributed by atoms with Crippen molar-refractivity contribution in [2.24, 2.45) is 11.3 Å². The van der Waals surface area contributed by atoms with Crippen molar-refractivity contribution >= 4 is 40.2 Å². The third kappa shape index (κ3) is 6.63. The quantitative estimate of drug-likeness (QED) is 0.281. The molecule has 0 N–H and O–H groups in total. The lowest BCUT2D eigenvalue weighted by Crippen LogP contribution is -2.46. The summed E-state index contributed by atoms with van der Waals surface area (Å²) in [6, 6.07) is 24.2. The Bertz CT molecular complexity index is 1450. The molecule has 3 aliphatic heterocycles. The number of carbonyl (C=O) groups excluding carboxylic acids is 2. The van der Waals surface area contributed by atoms with Crippen molar-refractivity contribution in [1.29, 1.82) is 0 Å². The maximum atomic E-state index is 13.7. The van der Waals surface area contributed by atoms with E-state index in [0.29, 0.717) is 48.5 Å². The van der Waals surface area contributed by atoms with Crippen LogP contribution < -0.4 is 9.47 Å². The number of carbonyl (C=O) groups is 2. The summed E-state index contributed by atoms with van der Waals surface area (Å²) in [6.45, 7) is 5.65. The Kier molecular flexibility index (Phi) is 10.2. The third-order valence-corrected chi connectivity index (χ3v) is 10.3. The first kappa shape index (κ1) is 32.3. The highest BCUT2D eigenvalue weighted by molar-refractivity contribution is 9.10. The van der Waals surface area contributed by atoms with E-state index in [2.05, 4.69) is 62.1 Å². The molecule has 44 heavy (non-hydrogen) atoms. The smallest absolute Gasteiger partial charge is 0.254 e. The molecule has 3 aromatic carbocycles. The first-order chi connectivity index (χ1) is 20.9. The van der Waals surface area contributed by atoms with E-state index in [1.165, 1.54) is 11.1 Å². The molecule has 0 bridgehead atoms. The standard InChI is InChI=1S/C35H40BrN3O4.ClH/c1-42-31-13-10-27(20-32(31)43-2)33(40)39-23-28(30(24-39)26-6-4-3-5-7-26)22-37-17-14-35(15-18-37)16-19-38(34(35)41)21-25-8-11-29(36)12-9-25;/h3-13,20,28,30H,14-19,21-24H2,1-2H3;1H. The van der Waals surface area contributed by atoms with Crippen molar-refractivity contribution in [1.82, 2.24) is 14.7 Å². The van der Waals surface area contributed by atoms with Crippen molar-refractivity contribution in [3.8, 4) is 11.5 Å². The molecule has 2 unspecified atom stereocenters. The Morgan fingerprint density at radius 3 is 2.25 bits per heavy atom. The maximum absolute atomic E-state index is 13.7. The monoisotopic (exact) mass is 681 g/mol. The SMILES string of the molecule is COc1ccc(C(=O)N2CC(CN3CCC4(CC3)CCN(Cc3ccc(Br)cc3)C4=O)C(c3ccccc3)C2)cc1OC.Cl. The highest BCUT2D eigenvalue weighted by Gasteiger charge is 2.48. The van der Waals surface area contributed by atoms with Crippen LogP contribution in [0.5, 0.6) is 11.5 Å². The Morgan fingerprint density at radius 1 is 0.886 bits per heavy atom. The fraction of sp³-hybridized carbons (Fsp3) is 0.429. The molecule has 0 aliphatic carbocycles. The van der Waals surface area contributed by atoms with Crippen LogP contribution in [-0.2, 0) is 11.3 Å². The molecule has 2 amide bonds. The summed E-state index contributed by atoms with van der Waals surface area (Å²) in [5, 5.41) is 0. The van der Waals surface area contributed by atoms with Gasteiger partial charge in [-0.25, -0.2) is 0 Å². The van der Waals surface area contributed by atoms with Crippen LogP contribution in [0.2, 0.25) is 0 Å². The van der Waals surface area contributed by atoms with Gasteiger partial charge in [0.2, 0.25) is 5.91 Å². The fourth-order valence-corrected chi connectivity index (χ4v) is 7.53. The van der Waals surface area contributed by atoms with Crippen molar-refractivity contribution in [3.05, 3.63) is 94.0 Å². The van der Waals surface area contributed by atoms with Crippen molar-refractivity contribution in [2.75, 3.05) is 53.5 Å². The maximum Gasteiger partial charge on any atom is 0.254 e. The first-order valence-corrected chi connectivity index (χ1v) is 16.0. The van der Waals surface area contributed by atoms with Gasteiger partial charge in [-0.3, -0.25) is 9.59 Å². The highest BCUT2D eigenvalue weighted by Crippen LogP contribution is 2.43. The van der Waals surface area contributed by atoms with E-state index in [1.807, 2.05) is 29.2 Å². The van der Waals surface area contributed by atoms with Crippen molar-refractivity contribution < 1.29 is 19.1 Å².